The van der Waals surface area contributed by atoms with Gasteiger partial charge in [0.2, 0.25) is 0 Å². The number of aryl methyl sites for hydroxylation is 1. The number of hydrogen-bond donors (Lipinski definition) is 0. The Morgan fingerprint density at radius 2 is 1.13 bits per heavy atom. The lowest BCUT2D eigenvalue weighted by Crippen LogP contribution is -1.99. The van der Waals surface area contributed by atoms with Crippen LogP contribution in [-0.2, 0) is 7.05 Å². The van der Waals surface area contributed by atoms with E-state index in [1.54, 1.807) is 0 Å². The molecule has 5 heteroatoms. The molecule has 0 saturated heterocycles. The minimum absolute atomic E-state index is 0.906. The van der Waals surface area contributed by atoms with Crippen molar-refractivity contribution in [2.45, 2.75) is 0 Å². The Morgan fingerprint density at radius 1 is 0.478 bits per heavy atom. The molecule has 216 valence electrons. The van der Waals surface area contributed by atoms with Crippen LogP contribution in [0.1, 0.15) is 0 Å². The third kappa shape index (κ3) is 3.39. The maximum Gasteiger partial charge on any atom is 0.141 e. The molecule has 0 N–H and O–H groups in total. The Kier molecular flexibility index (Phi) is 5.14. The first-order chi connectivity index (χ1) is 22.8. The smallest absolute Gasteiger partial charge is 0.141 e. The third-order valence-electron chi connectivity index (χ3n) is 9.50. The summed E-state index contributed by atoms with van der Waals surface area (Å²) in [5.41, 5.74) is 8.93. The first kappa shape index (κ1) is 25.2. The summed E-state index contributed by atoms with van der Waals surface area (Å²) in [7, 11) is 2.11. The maximum atomic E-state index is 5.15. The molecule has 0 aliphatic heterocycles. The standard InChI is InChI=1S/C41H27N5/c1-44-36-19-9-6-16-33(36)43-41(44)32-25-38-40(30-14-3-2-12-27(30)32)31-15-5-8-18-35(31)45(38)26-21-22-29-28-13-4-7-17-34(28)46(37(29)24-26)39-20-10-11-23-42-39/h2-25H,1H3. The van der Waals surface area contributed by atoms with Gasteiger partial charge in [-0.2, -0.15) is 0 Å². The summed E-state index contributed by atoms with van der Waals surface area (Å²) in [5, 5.41) is 7.32. The van der Waals surface area contributed by atoms with Gasteiger partial charge in [-0.05, 0) is 65.4 Å². The van der Waals surface area contributed by atoms with Gasteiger partial charge in [0.1, 0.15) is 11.6 Å². The van der Waals surface area contributed by atoms with E-state index in [1.807, 2.05) is 18.3 Å². The van der Waals surface area contributed by atoms with E-state index in [-0.39, 0.29) is 0 Å². The molecular weight excluding hydrogens is 562 g/mol. The van der Waals surface area contributed by atoms with Crippen molar-refractivity contribution in [3.8, 4) is 22.9 Å². The summed E-state index contributed by atoms with van der Waals surface area (Å²) in [4.78, 5) is 9.92. The fourth-order valence-corrected chi connectivity index (χ4v) is 7.51. The predicted molar refractivity (Wildman–Crippen MR) is 190 cm³/mol. The van der Waals surface area contributed by atoms with Crippen molar-refractivity contribution in [1.82, 2.24) is 23.7 Å². The van der Waals surface area contributed by atoms with Crippen LogP contribution in [0.5, 0.6) is 0 Å². The van der Waals surface area contributed by atoms with Crippen LogP contribution in [0, 0.1) is 0 Å². The van der Waals surface area contributed by atoms with E-state index in [2.05, 4.69) is 148 Å². The molecule has 10 aromatic rings. The third-order valence-corrected chi connectivity index (χ3v) is 9.50. The molecule has 46 heavy (non-hydrogen) atoms. The van der Waals surface area contributed by atoms with Gasteiger partial charge in [0, 0.05) is 46.0 Å². The van der Waals surface area contributed by atoms with Crippen LogP contribution < -0.4 is 0 Å². The average molecular weight is 590 g/mol. The molecule has 0 amide bonds. The molecule has 0 spiro atoms. The molecule has 0 atom stereocenters. The quantitative estimate of drug-likeness (QED) is 0.206. The van der Waals surface area contributed by atoms with Crippen molar-refractivity contribution >= 4 is 65.4 Å². The highest BCUT2D eigenvalue weighted by atomic mass is 15.1. The molecule has 0 aliphatic rings. The van der Waals surface area contributed by atoms with Crippen molar-refractivity contribution in [2.75, 3.05) is 0 Å². The second-order valence-electron chi connectivity index (χ2n) is 11.9. The predicted octanol–water partition coefficient (Wildman–Crippen LogP) is 9.98. The van der Waals surface area contributed by atoms with E-state index >= 15 is 0 Å². The Bertz CT molecular complexity index is 2820. The van der Waals surface area contributed by atoms with Gasteiger partial charge in [0.15, 0.2) is 0 Å². The Hall–Kier alpha value is -6.20. The lowest BCUT2D eigenvalue weighted by Gasteiger charge is -2.13. The summed E-state index contributed by atoms with van der Waals surface area (Å²) in [6.45, 7) is 0. The zero-order chi connectivity index (χ0) is 30.4. The van der Waals surface area contributed by atoms with Gasteiger partial charge in [-0.15, -0.1) is 0 Å². The van der Waals surface area contributed by atoms with E-state index < -0.39 is 0 Å². The summed E-state index contributed by atoms with van der Waals surface area (Å²) < 4.78 is 6.92. The van der Waals surface area contributed by atoms with Gasteiger partial charge in [-0.1, -0.05) is 84.9 Å². The average Bonchev–Trinajstić information content (AvgIpc) is 3.75. The van der Waals surface area contributed by atoms with Crippen LogP contribution in [0.3, 0.4) is 0 Å². The lowest BCUT2D eigenvalue weighted by atomic mass is 9.98. The largest absolute Gasteiger partial charge is 0.327 e. The SMILES string of the molecule is Cn1c(-c2cc3c(c4ccccc24)c2ccccc2n3-c2ccc3c4ccccc4n(-c4ccccn4)c3c2)nc2ccccc21. The van der Waals surface area contributed by atoms with Crippen LogP contribution in [-0.4, -0.2) is 23.7 Å². The number of para-hydroxylation sites is 4. The Morgan fingerprint density at radius 3 is 1.91 bits per heavy atom. The summed E-state index contributed by atoms with van der Waals surface area (Å²) in [6.07, 6.45) is 1.86. The number of pyridine rings is 1. The number of fused-ring (bicyclic) bond motifs is 9. The molecule has 0 aliphatic carbocycles. The van der Waals surface area contributed by atoms with Crippen LogP contribution in [0.4, 0.5) is 0 Å². The van der Waals surface area contributed by atoms with Gasteiger partial charge in [0.05, 0.1) is 33.1 Å². The topological polar surface area (TPSA) is 40.6 Å². The van der Waals surface area contributed by atoms with Crippen LogP contribution >= 0.6 is 0 Å². The minimum Gasteiger partial charge on any atom is -0.327 e. The molecule has 0 bridgehead atoms. The van der Waals surface area contributed by atoms with E-state index in [4.69, 9.17) is 9.97 Å². The van der Waals surface area contributed by atoms with Gasteiger partial charge < -0.3 is 9.13 Å². The monoisotopic (exact) mass is 589 g/mol. The van der Waals surface area contributed by atoms with Crippen molar-refractivity contribution < 1.29 is 0 Å². The second-order valence-corrected chi connectivity index (χ2v) is 11.9. The van der Waals surface area contributed by atoms with Gasteiger partial charge in [-0.3, -0.25) is 4.57 Å². The van der Waals surface area contributed by atoms with E-state index in [1.165, 1.54) is 37.8 Å². The molecule has 6 aromatic carbocycles. The zero-order valence-corrected chi connectivity index (χ0v) is 25.1. The molecule has 5 nitrogen and oxygen atoms in total. The normalized spacial score (nSPS) is 12.0. The van der Waals surface area contributed by atoms with Crippen molar-refractivity contribution in [1.29, 1.82) is 0 Å². The molecule has 0 unspecified atom stereocenters. The Labute approximate surface area is 264 Å². The molecule has 0 saturated carbocycles. The highest BCUT2D eigenvalue weighted by Gasteiger charge is 2.21. The highest BCUT2D eigenvalue weighted by Crippen LogP contribution is 2.42. The molecule has 0 fully saturated rings. The molecule has 4 aromatic heterocycles. The number of rotatable bonds is 3. The second kappa shape index (κ2) is 9.40. The van der Waals surface area contributed by atoms with Gasteiger partial charge in [-0.25, -0.2) is 9.97 Å². The summed E-state index contributed by atoms with van der Waals surface area (Å²) in [5.74, 6) is 1.87. The highest BCUT2D eigenvalue weighted by molar-refractivity contribution is 6.24. The van der Waals surface area contributed by atoms with E-state index in [0.717, 1.165) is 50.5 Å². The van der Waals surface area contributed by atoms with Crippen molar-refractivity contribution in [3.05, 3.63) is 146 Å². The molecule has 0 radical (unpaired) electrons. The maximum absolute atomic E-state index is 5.15. The van der Waals surface area contributed by atoms with Crippen LogP contribution in [0.25, 0.3) is 88.3 Å². The molecular formula is C41H27N5. The van der Waals surface area contributed by atoms with Gasteiger partial charge in [0.25, 0.3) is 0 Å². The van der Waals surface area contributed by atoms with Crippen molar-refractivity contribution in [3.63, 3.8) is 0 Å². The number of imidazole rings is 1. The number of hydrogen-bond acceptors (Lipinski definition) is 2. The van der Waals surface area contributed by atoms with Crippen molar-refractivity contribution in [2.24, 2.45) is 7.05 Å². The number of nitrogens with zero attached hydrogens (tertiary/aromatic N) is 5. The van der Waals surface area contributed by atoms with Crippen LogP contribution in [0.15, 0.2) is 146 Å². The summed E-state index contributed by atoms with van der Waals surface area (Å²) in [6, 6.07) is 49.7. The van der Waals surface area contributed by atoms with E-state index in [9.17, 15) is 0 Å². The number of benzene rings is 6. The van der Waals surface area contributed by atoms with E-state index in [0.29, 0.717) is 0 Å². The minimum atomic E-state index is 0.906. The van der Waals surface area contributed by atoms with Crippen LogP contribution in [0.2, 0.25) is 0 Å². The first-order valence-electron chi connectivity index (χ1n) is 15.6. The zero-order valence-electron chi connectivity index (χ0n) is 25.1. The molecule has 10 rings (SSSR count). The first-order valence-corrected chi connectivity index (χ1v) is 15.6. The fourth-order valence-electron chi connectivity index (χ4n) is 7.51. The molecule has 4 heterocycles. The van der Waals surface area contributed by atoms with Gasteiger partial charge >= 0.3 is 0 Å². The fraction of sp³-hybridized carbons (Fsp3) is 0.0244. The lowest BCUT2D eigenvalue weighted by molar-refractivity contribution is 0.961. The number of aromatic nitrogens is 5. The summed E-state index contributed by atoms with van der Waals surface area (Å²) >= 11 is 0. The Balaban J connectivity index is 1.34.